The van der Waals surface area contributed by atoms with Gasteiger partial charge in [-0.25, -0.2) is 0 Å². The van der Waals surface area contributed by atoms with Crippen LogP contribution in [-0.4, -0.2) is 0 Å². The molecule has 134 valence electrons. The van der Waals surface area contributed by atoms with Gasteiger partial charge in [0.2, 0.25) is 0 Å². The van der Waals surface area contributed by atoms with E-state index in [1.54, 1.807) is 0 Å². The van der Waals surface area contributed by atoms with Crippen molar-refractivity contribution in [3.8, 4) is 0 Å². The smallest absolute Gasteiger partial charge is 0.0603 e. The lowest BCUT2D eigenvalue weighted by molar-refractivity contribution is 1.02. The molecule has 2 heteroatoms. The monoisotopic (exact) mass is 407 g/mol. The van der Waals surface area contributed by atoms with Gasteiger partial charge in [0, 0.05) is 10.2 Å². The number of aryl methyl sites for hydroxylation is 3. The van der Waals surface area contributed by atoms with Crippen molar-refractivity contribution < 1.29 is 0 Å². The van der Waals surface area contributed by atoms with Crippen molar-refractivity contribution in [3.05, 3.63) is 87.9 Å². The summed E-state index contributed by atoms with van der Waals surface area (Å²) in [4.78, 5) is 2.40. The Kier molecular flexibility index (Phi) is 6.16. The highest BCUT2D eigenvalue weighted by atomic mass is 79.9. The van der Waals surface area contributed by atoms with Crippen molar-refractivity contribution in [1.29, 1.82) is 0 Å². The van der Waals surface area contributed by atoms with Crippen LogP contribution in [0.4, 0.5) is 17.1 Å². The van der Waals surface area contributed by atoms with Crippen LogP contribution in [0.3, 0.4) is 0 Å². The van der Waals surface area contributed by atoms with Crippen LogP contribution in [0.1, 0.15) is 37.5 Å². The zero-order valence-electron chi connectivity index (χ0n) is 15.8. The predicted octanol–water partition coefficient (Wildman–Crippen LogP) is 7.61. The van der Waals surface area contributed by atoms with Crippen molar-refractivity contribution >= 4 is 33.0 Å². The molecule has 26 heavy (non-hydrogen) atoms. The van der Waals surface area contributed by atoms with Crippen LogP contribution in [-0.2, 0) is 19.3 Å². The van der Waals surface area contributed by atoms with E-state index in [9.17, 15) is 0 Å². The molecule has 0 aliphatic rings. The van der Waals surface area contributed by atoms with E-state index in [0.717, 1.165) is 23.7 Å². The molecule has 0 amide bonds. The highest BCUT2D eigenvalue weighted by Crippen LogP contribution is 2.42. The molecular formula is C24H26BrN. The Morgan fingerprint density at radius 3 is 1.85 bits per heavy atom. The van der Waals surface area contributed by atoms with E-state index in [1.165, 1.54) is 33.8 Å². The topological polar surface area (TPSA) is 3.24 Å². The quantitative estimate of drug-likeness (QED) is 0.406. The Morgan fingerprint density at radius 1 is 0.731 bits per heavy atom. The largest absolute Gasteiger partial charge is 0.309 e. The number of hydrogen-bond donors (Lipinski definition) is 0. The second-order valence-electron chi connectivity index (χ2n) is 6.45. The minimum Gasteiger partial charge on any atom is -0.309 e. The van der Waals surface area contributed by atoms with Crippen LogP contribution in [0.15, 0.2) is 71.2 Å². The van der Waals surface area contributed by atoms with E-state index in [2.05, 4.69) is 108 Å². The lowest BCUT2D eigenvalue weighted by Gasteiger charge is -2.31. The lowest BCUT2D eigenvalue weighted by atomic mass is 9.96. The summed E-state index contributed by atoms with van der Waals surface area (Å²) in [5.41, 5.74) is 7.91. The lowest BCUT2D eigenvalue weighted by Crippen LogP contribution is -2.15. The van der Waals surface area contributed by atoms with Gasteiger partial charge in [0.25, 0.3) is 0 Å². The van der Waals surface area contributed by atoms with Crippen molar-refractivity contribution in [1.82, 2.24) is 0 Å². The molecule has 0 unspecified atom stereocenters. The predicted molar refractivity (Wildman–Crippen MR) is 117 cm³/mol. The Morgan fingerprint density at radius 2 is 1.31 bits per heavy atom. The molecule has 0 radical (unpaired) electrons. The molecule has 0 atom stereocenters. The summed E-state index contributed by atoms with van der Waals surface area (Å²) in [6, 6.07) is 23.9. The molecule has 0 spiro atoms. The fourth-order valence-corrected chi connectivity index (χ4v) is 3.92. The zero-order valence-corrected chi connectivity index (χ0v) is 17.4. The van der Waals surface area contributed by atoms with Gasteiger partial charge in [-0.3, -0.25) is 0 Å². The van der Waals surface area contributed by atoms with E-state index >= 15 is 0 Å². The van der Waals surface area contributed by atoms with Gasteiger partial charge in [-0.15, -0.1) is 0 Å². The van der Waals surface area contributed by atoms with Gasteiger partial charge in [-0.05, 0) is 76.1 Å². The van der Waals surface area contributed by atoms with E-state index in [1.807, 2.05) is 0 Å². The number of halogens is 1. The molecule has 0 N–H and O–H groups in total. The van der Waals surface area contributed by atoms with Crippen LogP contribution in [0.2, 0.25) is 0 Å². The van der Waals surface area contributed by atoms with Gasteiger partial charge in [0.1, 0.15) is 0 Å². The first-order chi connectivity index (χ1) is 12.7. The van der Waals surface area contributed by atoms with E-state index < -0.39 is 0 Å². The Balaban J connectivity index is 2.31. The molecule has 0 aromatic heterocycles. The zero-order chi connectivity index (χ0) is 18.5. The number of para-hydroxylation sites is 2. The van der Waals surface area contributed by atoms with Gasteiger partial charge < -0.3 is 4.90 Å². The first-order valence-corrected chi connectivity index (χ1v) is 10.2. The number of nitrogens with zero attached hydrogens (tertiary/aromatic N) is 1. The van der Waals surface area contributed by atoms with Crippen molar-refractivity contribution in [2.45, 2.75) is 40.0 Å². The van der Waals surface area contributed by atoms with Gasteiger partial charge >= 0.3 is 0 Å². The molecule has 0 aliphatic carbocycles. The van der Waals surface area contributed by atoms with E-state index in [-0.39, 0.29) is 0 Å². The highest BCUT2D eigenvalue weighted by molar-refractivity contribution is 9.10. The summed E-state index contributed by atoms with van der Waals surface area (Å²) < 4.78 is 1.10. The molecule has 1 nitrogen and oxygen atoms in total. The van der Waals surface area contributed by atoms with Gasteiger partial charge in [-0.2, -0.15) is 0 Å². The molecule has 0 heterocycles. The Hall–Kier alpha value is -2.06. The molecule has 0 fully saturated rings. The maximum atomic E-state index is 3.77. The fourth-order valence-electron chi connectivity index (χ4n) is 3.46. The first-order valence-electron chi connectivity index (χ1n) is 9.43. The normalized spacial score (nSPS) is 10.8. The number of rotatable bonds is 6. The summed E-state index contributed by atoms with van der Waals surface area (Å²) in [7, 11) is 0. The van der Waals surface area contributed by atoms with Crippen LogP contribution in [0.25, 0.3) is 0 Å². The molecule has 3 rings (SSSR count). The van der Waals surface area contributed by atoms with E-state index in [0.29, 0.717) is 0 Å². The minimum absolute atomic E-state index is 1.02. The molecular weight excluding hydrogens is 382 g/mol. The maximum absolute atomic E-state index is 3.77. The van der Waals surface area contributed by atoms with Crippen molar-refractivity contribution in [3.63, 3.8) is 0 Å². The standard InChI is InChI=1S/C24H26BrN/c1-4-18-16-19(5-2)24(20(6-3)17-18)26(21-12-8-7-9-13-21)23-15-11-10-14-22(23)25/h7-17H,4-6H2,1-3H3. The molecule has 3 aromatic carbocycles. The summed E-state index contributed by atoms with van der Waals surface area (Å²) in [5, 5.41) is 0. The number of hydrogen-bond acceptors (Lipinski definition) is 1. The van der Waals surface area contributed by atoms with Crippen molar-refractivity contribution in [2.75, 3.05) is 4.90 Å². The molecule has 0 saturated carbocycles. The fraction of sp³-hybridized carbons (Fsp3) is 0.250. The molecule has 0 saturated heterocycles. The third-order valence-electron chi connectivity index (χ3n) is 4.83. The van der Waals surface area contributed by atoms with Gasteiger partial charge in [0.15, 0.2) is 0 Å². The third-order valence-corrected chi connectivity index (χ3v) is 5.50. The van der Waals surface area contributed by atoms with Crippen molar-refractivity contribution in [2.24, 2.45) is 0 Å². The van der Waals surface area contributed by atoms with Crippen LogP contribution in [0, 0.1) is 0 Å². The summed E-state index contributed by atoms with van der Waals surface area (Å²) in [6.45, 7) is 6.73. The second kappa shape index (κ2) is 8.55. The van der Waals surface area contributed by atoms with Gasteiger partial charge in [-0.1, -0.05) is 63.2 Å². The SMILES string of the molecule is CCc1cc(CC)c(N(c2ccccc2)c2ccccc2Br)c(CC)c1. The first kappa shape index (κ1) is 18.7. The summed E-state index contributed by atoms with van der Waals surface area (Å²) >= 11 is 3.77. The number of benzene rings is 3. The summed E-state index contributed by atoms with van der Waals surface area (Å²) in [6.07, 6.45) is 3.11. The number of anilines is 3. The van der Waals surface area contributed by atoms with Crippen LogP contribution >= 0.6 is 15.9 Å². The summed E-state index contributed by atoms with van der Waals surface area (Å²) in [5.74, 6) is 0. The highest BCUT2D eigenvalue weighted by Gasteiger charge is 2.20. The van der Waals surface area contributed by atoms with Gasteiger partial charge in [0.05, 0.1) is 11.4 Å². The maximum Gasteiger partial charge on any atom is 0.0603 e. The molecule has 0 aliphatic heterocycles. The van der Waals surface area contributed by atoms with Crippen LogP contribution < -0.4 is 4.90 Å². The van der Waals surface area contributed by atoms with Crippen LogP contribution in [0.5, 0.6) is 0 Å². The average Bonchev–Trinajstić information content (AvgIpc) is 2.70. The average molecular weight is 408 g/mol. The molecule has 3 aromatic rings. The Labute approximate surface area is 165 Å². The molecule has 0 bridgehead atoms. The Bertz CT molecular complexity index is 845. The minimum atomic E-state index is 1.02. The second-order valence-corrected chi connectivity index (χ2v) is 7.30. The van der Waals surface area contributed by atoms with E-state index in [4.69, 9.17) is 0 Å². The third kappa shape index (κ3) is 3.71.